The van der Waals surface area contributed by atoms with E-state index in [0.29, 0.717) is 53.3 Å². The van der Waals surface area contributed by atoms with E-state index in [1.54, 1.807) is 64.4 Å². The summed E-state index contributed by atoms with van der Waals surface area (Å²) < 4.78 is 13.4. The van der Waals surface area contributed by atoms with Crippen molar-refractivity contribution >= 4 is 47.6 Å². The number of benzene rings is 3. The summed E-state index contributed by atoms with van der Waals surface area (Å²) in [6.07, 6.45) is 0.712. The molecule has 3 aromatic carbocycles. The molecule has 0 fully saturated rings. The number of carbonyl (C=O) groups excluding carboxylic acids is 3. The summed E-state index contributed by atoms with van der Waals surface area (Å²) in [5, 5.41) is 2.82. The number of aldehydes is 1. The molecule has 3 aromatic rings. The fourth-order valence-electron chi connectivity index (χ4n) is 3.65. The lowest BCUT2D eigenvalue weighted by Gasteiger charge is -2.24. The largest absolute Gasteiger partial charge is 0.339 e. The predicted octanol–water partition coefficient (Wildman–Crippen LogP) is 5.23. The average molecular weight is 475 g/mol. The number of carbonyl (C=O) groups is 3. The zero-order chi connectivity index (χ0) is 25.4. The first-order valence-electron chi connectivity index (χ1n) is 11.2. The van der Waals surface area contributed by atoms with Gasteiger partial charge in [0.05, 0.1) is 17.9 Å². The molecule has 0 atom stereocenters. The average Bonchev–Trinajstić information content (AvgIpc) is 2.88. The zero-order valence-corrected chi connectivity index (χ0v) is 19.7. The van der Waals surface area contributed by atoms with Crippen molar-refractivity contribution in [2.45, 2.75) is 13.8 Å². The van der Waals surface area contributed by atoms with E-state index in [1.165, 1.54) is 12.1 Å². The van der Waals surface area contributed by atoms with Crippen LogP contribution in [0.3, 0.4) is 0 Å². The Bertz CT molecular complexity index is 1210. The monoisotopic (exact) mass is 474 g/mol. The standard InChI is InChI=1S/C27H27FN4O3/c1-4-31(5-2)27(35)19-6-11-22(12-7-19)30-26(34)20-8-15-24(29-3)25(18-20)32(16-17-33)23-13-9-21(28)10-14-23/h6-15,17-18H,3-5,16H2,1-2H3,(H,30,34). The van der Waals surface area contributed by atoms with Crippen LogP contribution in [0.15, 0.2) is 71.7 Å². The summed E-state index contributed by atoms with van der Waals surface area (Å²) >= 11 is 0. The van der Waals surface area contributed by atoms with Crippen LogP contribution < -0.4 is 10.2 Å². The first-order chi connectivity index (χ1) is 16.9. The van der Waals surface area contributed by atoms with Gasteiger partial charge in [0.15, 0.2) is 0 Å². The Morgan fingerprint density at radius 2 is 1.60 bits per heavy atom. The summed E-state index contributed by atoms with van der Waals surface area (Å²) in [6.45, 7) is 8.62. The molecule has 2 amide bonds. The van der Waals surface area contributed by atoms with Crippen LogP contribution in [-0.2, 0) is 4.79 Å². The molecule has 0 saturated carbocycles. The van der Waals surface area contributed by atoms with Gasteiger partial charge in [0.1, 0.15) is 12.1 Å². The Kier molecular flexibility index (Phi) is 8.45. The fourth-order valence-corrected chi connectivity index (χ4v) is 3.65. The molecule has 0 heterocycles. The summed E-state index contributed by atoms with van der Waals surface area (Å²) in [4.78, 5) is 44.2. The summed E-state index contributed by atoms with van der Waals surface area (Å²) in [5.74, 6) is -0.851. The third kappa shape index (κ3) is 5.97. The van der Waals surface area contributed by atoms with E-state index in [9.17, 15) is 18.8 Å². The number of nitrogens with one attached hydrogen (secondary N) is 1. The second-order valence-electron chi connectivity index (χ2n) is 7.62. The maximum absolute atomic E-state index is 13.4. The number of nitrogens with zero attached hydrogens (tertiary/aromatic N) is 3. The lowest BCUT2D eigenvalue weighted by Crippen LogP contribution is -2.30. The molecule has 3 rings (SSSR count). The summed E-state index contributed by atoms with van der Waals surface area (Å²) in [7, 11) is 0. The number of hydrogen-bond acceptors (Lipinski definition) is 5. The molecule has 0 aliphatic heterocycles. The van der Waals surface area contributed by atoms with Crippen LogP contribution >= 0.6 is 0 Å². The minimum absolute atomic E-state index is 0.0265. The number of hydrogen-bond donors (Lipinski definition) is 1. The van der Waals surface area contributed by atoms with Crippen molar-refractivity contribution in [2.24, 2.45) is 4.99 Å². The van der Waals surface area contributed by atoms with Crippen molar-refractivity contribution < 1.29 is 18.8 Å². The number of anilines is 3. The van der Waals surface area contributed by atoms with Crippen molar-refractivity contribution in [3.8, 4) is 0 Å². The van der Waals surface area contributed by atoms with Gasteiger partial charge in [0.25, 0.3) is 11.8 Å². The van der Waals surface area contributed by atoms with Crippen molar-refractivity contribution in [1.82, 2.24) is 4.90 Å². The van der Waals surface area contributed by atoms with Crippen LogP contribution in [0.5, 0.6) is 0 Å². The molecule has 0 aliphatic carbocycles. The van der Waals surface area contributed by atoms with Crippen molar-refractivity contribution in [1.29, 1.82) is 0 Å². The van der Waals surface area contributed by atoms with Crippen LogP contribution in [-0.4, -0.2) is 49.4 Å². The Morgan fingerprint density at radius 3 is 2.17 bits per heavy atom. The molecule has 0 saturated heterocycles. The van der Waals surface area contributed by atoms with E-state index in [2.05, 4.69) is 17.0 Å². The van der Waals surface area contributed by atoms with E-state index < -0.39 is 5.82 Å². The SMILES string of the molecule is C=Nc1ccc(C(=O)Nc2ccc(C(=O)N(CC)CC)cc2)cc1N(CC=O)c1ccc(F)cc1. The summed E-state index contributed by atoms with van der Waals surface area (Å²) in [5.41, 5.74) is 2.91. The lowest BCUT2D eigenvalue weighted by atomic mass is 10.1. The Balaban J connectivity index is 1.86. The van der Waals surface area contributed by atoms with Crippen LogP contribution in [0.2, 0.25) is 0 Å². The highest BCUT2D eigenvalue weighted by Crippen LogP contribution is 2.34. The zero-order valence-electron chi connectivity index (χ0n) is 19.7. The van der Waals surface area contributed by atoms with E-state index in [4.69, 9.17) is 0 Å². The van der Waals surface area contributed by atoms with Crippen LogP contribution in [0.1, 0.15) is 34.6 Å². The molecular weight excluding hydrogens is 447 g/mol. The third-order valence-electron chi connectivity index (χ3n) is 5.53. The molecule has 7 nitrogen and oxygen atoms in total. The van der Waals surface area contributed by atoms with E-state index >= 15 is 0 Å². The van der Waals surface area contributed by atoms with E-state index in [0.717, 1.165) is 0 Å². The van der Waals surface area contributed by atoms with Gasteiger partial charge < -0.3 is 19.9 Å². The van der Waals surface area contributed by atoms with Crippen molar-refractivity contribution in [3.63, 3.8) is 0 Å². The van der Waals surface area contributed by atoms with Gasteiger partial charge in [-0.3, -0.25) is 14.6 Å². The minimum atomic E-state index is -0.403. The number of halogens is 1. The van der Waals surface area contributed by atoms with Gasteiger partial charge in [-0.1, -0.05) is 0 Å². The molecule has 0 aliphatic rings. The van der Waals surface area contributed by atoms with Crippen molar-refractivity contribution in [3.05, 3.63) is 83.7 Å². The second-order valence-corrected chi connectivity index (χ2v) is 7.62. The molecule has 180 valence electrons. The van der Waals surface area contributed by atoms with E-state index in [-0.39, 0.29) is 18.4 Å². The first kappa shape index (κ1) is 25.3. The molecule has 35 heavy (non-hydrogen) atoms. The van der Waals surface area contributed by atoms with E-state index in [1.807, 2.05) is 13.8 Å². The molecule has 8 heteroatoms. The molecular formula is C27H27FN4O3. The van der Waals surface area contributed by atoms with Gasteiger partial charge in [-0.05, 0) is 87.3 Å². The van der Waals surface area contributed by atoms with Gasteiger partial charge >= 0.3 is 0 Å². The Morgan fingerprint density at radius 1 is 0.971 bits per heavy atom. The predicted molar refractivity (Wildman–Crippen MR) is 137 cm³/mol. The normalized spacial score (nSPS) is 10.4. The number of amides is 2. The quantitative estimate of drug-likeness (QED) is 0.322. The van der Waals surface area contributed by atoms with Crippen LogP contribution in [0, 0.1) is 5.82 Å². The molecule has 0 unspecified atom stereocenters. The molecule has 0 bridgehead atoms. The first-order valence-corrected chi connectivity index (χ1v) is 11.2. The maximum Gasteiger partial charge on any atom is 0.255 e. The molecule has 1 N–H and O–H groups in total. The van der Waals surface area contributed by atoms with Gasteiger partial charge in [-0.25, -0.2) is 4.39 Å². The van der Waals surface area contributed by atoms with Gasteiger partial charge in [0.2, 0.25) is 0 Å². The lowest BCUT2D eigenvalue weighted by molar-refractivity contribution is -0.106. The smallest absolute Gasteiger partial charge is 0.255 e. The maximum atomic E-state index is 13.4. The second kappa shape index (κ2) is 11.7. The van der Waals surface area contributed by atoms with Gasteiger partial charge in [0, 0.05) is 35.6 Å². The van der Waals surface area contributed by atoms with Crippen LogP contribution in [0.4, 0.5) is 27.1 Å². The highest BCUT2D eigenvalue weighted by molar-refractivity contribution is 6.06. The third-order valence-corrected chi connectivity index (χ3v) is 5.53. The Hall–Kier alpha value is -4.33. The topological polar surface area (TPSA) is 82.1 Å². The molecule has 0 aromatic heterocycles. The van der Waals surface area contributed by atoms with Gasteiger partial charge in [-0.15, -0.1) is 0 Å². The van der Waals surface area contributed by atoms with Crippen molar-refractivity contribution in [2.75, 3.05) is 29.9 Å². The Labute approximate surface area is 203 Å². The highest BCUT2D eigenvalue weighted by Gasteiger charge is 2.17. The number of rotatable bonds is 10. The molecule has 0 radical (unpaired) electrons. The molecule has 0 spiro atoms. The summed E-state index contributed by atoms with van der Waals surface area (Å²) in [6, 6.07) is 17.2. The number of aliphatic imine (C=N–C) groups is 1. The minimum Gasteiger partial charge on any atom is -0.339 e. The highest BCUT2D eigenvalue weighted by atomic mass is 19.1. The fraction of sp³-hybridized carbons (Fsp3) is 0.185. The van der Waals surface area contributed by atoms with Crippen LogP contribution in [0.25, 0.3) is 0 Å². The van der Waals surface area contributed by atoms with Gasteiger partial charge in [-0.2, -0.15) is 0 Å².